The summed E-state index contributed by atoms with van der Waals surface area (Å²) in [6.07, 6.45) is 1.65. The third-order valence-corrected chi connectivity index (χ3v) is 4.15. The summed E-state index contributed by atoms with van der Waals surface area (Å²) in [7, 11) is 0. The minimum absolute atomic E-state index is 0.239. The molecule has 0 saturated carbocycles. The first-order chi connectivity index (χ1) is 13.1. The summed E-state index contributed by atoms with van der Waals surface area (Å²) in [5.41, 5.74) is 0.896. The molecular formula is C20H19BrN2O4. The first-order valence-electron chi connectivity index (χ1n) is 8.47. The van der Waals surface area contributed by atoms with Crippen molar-refractivity contribution in [1.82, 2.24) is 10.3 Å². The van der Waals surface area contributed by atoms with Gasteiger partial charge in [0.1, 0.15) is 18.1 Å². The van der Waals surface area contributed by atoms with Gasteiger partial charge in [-0.05, 0) is 55.0 Å². The molecule has 0 aliphatic rings. The second-order valence-electron chi connectivity index (χ2n) is 5.63. The molecule has 0 atom stereocenters. The Balaban J connectivity index is 1.52. The Labute approximate surface area is 165 Å². The third kappa shape index (κ3) is 5.59. The van der Waals surface area contributed by atoms with Gasteiger partial charge in [0.2, 0.25) is 5.88 Å². The van der Waals surface area contributed by atoms with Gasteiger partial charge < -0.3 is 19.2 Å². The van der Waals surface area contributed by atoms with Gasteiger partial charge in [0, 0.05) is 23.3 Å². The minimum Gasteiger partial charge on any atom is -0.486 e. The van der Waals surface area contributed by atoms with Crippen LogP contribution in [-0.2, 0) is 13.2 Å². The molecule has 0 spiro atoms. The van der Waals surface area contributed by atoms with Crippen molar-refractivity contribution in [2.45, 2.75) is 20.1 Å². The van der Waals surface area contributed by atoms with E-state index in [1.165, 1.54) is 0 Å². The average molecular weight is 431 g/mol. The van der Waals surface area contributed by atoms with E-state index in [-0.39, 0.29) is 18.3 Å². The van der Waals surface area contributed by atoms with Gasteiger partial charge in [-0.2, -0.15) is 0 Å². The predicted octanol–water partition coefficient (Wildman–Crippen LogP) is 4.34. The van der Waals surface area contributed by atoms with Crippen molar-refractivity contribution in [1.29, 1.82) is 0 Å². The molecule has 2 heterocycles. The second kappa shape index (κ2) is 9.23. The Morgan fingerprint density at radius 3 is 2.74 bits per heavy atom. The molecule has 2 aromatic heterocycles. The summed E-state index contributed by atoms with van der Waals surface area (Å²) < 4.78 is 17.5. The summed E-state index contributed by atoms with van der Waals surface area (Å²) in [6.45, 7) is 3.04. The first kappa shape index (κ1) is 19.0. The van der Waals surface area contributed by atoms with Crippen LogP contribution in [-0.4, -0.2) is 17.5 Å². The van der Waals surface area contributed by atoms with E-state index in [2.05, 4.69) is 26.2 Å². The van der Waals surface area contributed by atoms with Crippen molar-refractivity contribution in [2.24, 2.45) is 0 Å². The lowest BCUT2D eigenvalue weighted by molar-refractivity contribution is 0.0919. The van der Waals surface area contributed by atoms with Crippen LogP contribution in [0.3, 0.4) is 0 Å². The number of benzene rings is 1. The van der Waals surface area contributed by atoms with E-state index in [1.807, 2.05) is 37.3 Å². The number of carbonyl (C=O) groups is 1. The van der Waals surface area contributed by atoms with E-state index < -0.39 is 0 Å². The number of halogens is 1. The fraction of sp³-hybridized carbons (Fsp3) is 0.200. The lowest BCUT2D eigenvalue weighted by atomic mass is 10.2. The summed E-state index contributed by atoms with van der Waals surface area (Å²) in [4.78, 5) is 16.4. The van der Waals surface area contributed by atoms with Crippen LogP contribution in [0.15, 0.2) is 63.6 Å². The number of ether oxygens (including phenoxy) is 2. The lowest BCUT2D eigenvalue weighted by Crippen LogP contribution is -2.22. The zero-order chi connectivity index (χ0) is 19.1. The van der Waals surface area contributed by atoms with E-state index in [0.29, 0.717) is 24.8 Å². The van der Waals surface area contributed by atoms with Crippen LogP contribution in [0.5, 0.6) is 11.6 Å². The van der Waals surface area contributed by atoms with E-state index in [9.17, 15) is 4.79 Å². The van der Waals surface area contributed by atoms with Gasteiger partial charge in [-0.25, -0.2) is 4.98 Å². The fourth-order valence-electron chi connectivity index (χ4n) is 2.32. The normalized spacial score (nSPS) is 10.4. The van der Waals surface area contributed by atoms with Gasteiger partial charge in [0.15, 0.2) is 5.76 Å². The number of hydrogen-bond donors (Lipinski definition) is 1. The molecule has 1 amide bonds. The molecule has 0 fully saturated rings. The maximum absolute atomic E-state index is 12.3. The Bertz CT molecular complexity index is 893. The maximum Gasteiger partial charge on any atom is 0.287 e. The van der Waals surface area contributed by atoms with Gasteiger partial charge in [-0.15, -0.1) is 0 Å². The van der Waals surface area contributed by atoms with Gasteiger partial charge in [0.25, 0.3) is 5.91 Å². The molecule has 0 aliphatic heterocycles. The molecule has 0 radical (unpaired) electrons. The molecule has 27 heavy (non-hydrogen) atoms. The van der Waals surface area contributed by atoms with E-state index in [0.717, 1.165) is 15.8 Å². The van der Waals surface area contributed by atoms with Crippen molar-refractivity contribution >= 4 is 21.8 Å². The quantitative estimate of drug-likeness (QED) is 0.574. The van der Waals surface area contributed by atoms with Crippen LogP contribution in [0.4, 0.5) is 0 Å². The average Bonchev–Trinajstić information content (AvgIpc) is 3.15. The molecule has 1 aromatic carbocycles. The first-order valence-corrected chi connectivity index (χ1v) is 9.26. The number of carbonyl (C=O) groups excluding carboxylic acids is 1. The van der Waals surface area contributed by atoms with Crippen LogP contribution in [0.2, 0.25) is 0 Å². The Hall–Kier alpha value is -2.80. The molecule has 0 unspecified atom stereocenters. The number of nitrogens with zero attached hydrogens (tertiary/aromatic N) is 1. The molecule has 0 saturated heterocycles. The molecule has 0 bridgehead atoms. The van der Waals surface area contributed by atoms with Gasteiger partial charge in [0.05, 0.1) is 6.61 Å². The highest BCUT2D eigenvalue weighted by atomic mass is 79.9. The summed E-state index contributed by atoms with van der Waals surface area (Å²) in [5.74, 6) is 1.78. The molecular weight excluding hydrogens is 412 g/mol. The second-order valence-corrected chi connectivity index (χ2v) is 6.54. The van der Waals surface area contributed by atoms with Crippen LogP contribution < -0.4 is 14.8 Å². The number of aromatic nitrogens is 1. The summed E-state index contributed by atoms with van der Waals surface area (Å²) in [6, 6.07) is 14.5. The maximum atomic E-state index is 12.3. The Morgan fingerprint density at radius 2 is 1.96 bits per heavy atom. The fourth-order valence-corrected chi connectivity index (χ4v) is 2.58. The highest BCUT2D eigenvalue weighted by Crippen LogP contribution is 2.18. The van der Waals surface area contributed by atoms with E-state index in [1.54, 1.807) is 24.4 Å². The summed E-state index contributed by atoms with van der Waals surface area (Å²) in [5, 5.41) is 2.82. The van der Waals surface area contributed by atoms with Gasteiger partial charge in [-0.1, -0.05) is 15.9 Å². The van der Waals surface area contributed by atoms with Crippen molar-refractivity contribution < 1.29 is 18.7 Å². The SMILES string of the molecule is CCOc1cc(CNC(=O)c2ccc(COc3ccc(Br)cc3)o2)ccn1. The van der Waals surface area contributed by atoms with Crippen molar-refractivity contribution in [3.05, 3.63) is 76.3 Å². The van der Waals surface area contributed by atoms with E-state index >= 15 is 0 Å². The number of pyridine rings is 1. The van der Waals surface area contributed by atoms with Gasteiger partial charge in [-0.3, -0.25) is 4.79 Å². The van der Waals surface area contributed by atoms with Crippen LogP contribution in [0.1, 0.15) is 28.8 Å². The smallest absolute Gasteiger partial charge is 0.287 e. The van der Waals surface area contributed by atoms with Crippen molar-refractivity contribution in [3.63, 3.8) is 0 Å². The van der Waals surface area contributed by atoms with Crippen LogP contribution in [0, 0.1) is 0 Å². The van der Waals surface area contributed by atoms with Crippen molar-refractivity contribution in [2.75, 3.05) is 6.61 Å². The topological polar surface area (TPSA) is 73.6 Å². The molecule has 3 rings (SSSR count). The number of amides is 1. The molecule has 140 valence electrons. The van der Waals surface area contributed by atoms with Crippen molar-refractivity contribution in [3.8, 4) is 11.6 Å². The monoisotopic (exact) mass is 430 g/mol. The number of hydrogen-bond acceptors (Lipinski definition) is 5. The van der Waals surface area contributed by atoms with Gasteiger partial charge >= 0.3 is 0 Å². The zero-order valence-electron chi connectivity index (χ0n) is 14.8. The third-order valence-electron chi connectivity index (χ3n) is 3.62. The summed E-state index contributed by atoms with van der Waals surface area (Å²) >= 11 is 3.37. The minimum atomic E-state index is -0.292. The number of nitrogens with one attached hydrogen (secondary N) is 1. The highest BCUT2D eigenvalue weighted by molar-refractivity contribution is 9.10. The lowest BCUT2D eigenvalue weighted by Gasteiger charge is -2.06. The number of furan rings is 1. The molecule has 1 N–H and O–H groups in total. The predicted molar refractivity (Wildman–Crippen MR) is 104 cm³/mol. The Morgan fingerprint density at radius 1 is 1.15 bits per heavy atom. The molecule has 7 heteroatoms. The van der Waals surface area contributed by atoms with Crippen LogP contribution >= 0.6 is 15.9 Å². The molecule has 6 nitrogen and oxygen atoms in total. The zero-order valence-corrected chi connectivity index (χ0v) is 16.4. The molecule has 0 aliphatic carbocycles. The highest BCUT2D eigenvalue weighted by Gasteiger charge is 2.11. The van der Waals surface area contributed by atoms with Crippen LogP contribution in [0.25, 0.3) is 0 Å². The standard InChI is InChI=1S/C20H19BrN2O4/c1-2-25-19-11-14(9-10-22-19)12-23-20(24)18-8-7-17(27-18)13-26-16-5-3-15(21)4-6-16/h3-11H,2,12-13H2,1H3,(H,23,24). The van der Waals surface area contributed by atoms with E-state index in [4.69, 9.17) is 13.9 Å². The largest absolute Gasteiger partial charge is 0.486 e. The Kier molecular flexibility index (Phi) is 6.49. The molecule has 3 aromatic rings. The number of rotatable bonds is 8.